The number of rotatable bonds is 8. The van der Waals surface area contributed by atoms with Gasteiger partial charge in [-0.05, 0) is 55.0 Å². The van der Waals surface area contributed by atoms with E-state index in [0.717, 1.165) is 11.1 Å². The van der Waals surface area contributed by atoms with Gasteiger partial charge in [0.1, 0.15) is 18.1 Å². The Morgan fingerprint density at radius 2 is 1.76 bits per heavy atom. The summed E-state index contributed by atoms with van der Waals surface area (Å²) in [7, 11) is 0. The van der Waals surface area contributed by atoms with E-state index >= 15 is 0 Å². The third kappa shape index (κ3) is 5.89. The number of nitrogens with one attached hydrogen (secondary N) is 1. The van der Waals surface area contributed by atoms with Gasteiger partial charge in [-0.3, -0.25) is 4.79 Å². The first-order valence-electron chi connectivity index (χ1n) is 9.22. The van der Waals surface area contributed by atoms with E-state index in [1.165, 1.54) is 0 Å². The number of halogens is 2. The summed E-state index contributed by atoms with van der Waals surface area (Å²) < 4.78 is 11.5. The highest BCUT2D eigenvalue weighted by molar-refractivity contribution is 6.31. The van der Waals surface area contributed by atoms with Crippen LogP contribution in [0.3, 0.4) is 0 Å². The fourth-order valence-electron chi connectivity index (χ4n) is 2.77. The highest BCUT2D eigenvalue weighted by atomic mass is 35.5. The zero-order valence-electron chi connectivity index (χ0n) is 16.0. The molecule has 0 radical (unpaired) electrons. The Bertz CT molecular complexity index is 991. The van der Waals surface area contributed by atoms with Crippen LogP contribution in [0.1, 0.15) is 28.4 Å². The van der Waals surface area contributed by atoms with Crippen molar-refractivity contribution < 1.29 is 14.3 Å². The van der Waals surface area contributed by atoms with Crippen molar-refractivity contribution in [1.82, 2.24) is 5.32 Å². The van der Waals surface area contributed by atoms with Gasteiger partial charge in [0.15, 0.2) is 0 Å². The Kier molecular flexibility index (Phi) is 7.39. The molecule has 3 aromatic carbocycles. The summed E-state index contributed by atoms with van der Waals surface area (Å²) in [4.78, 5) is 12.6. The molecule has 0 atom stereocenters. The van der Waals surface area contributed by atoms with Crippen LogP contribution in [0.15, 0.2) is 66.7 Å². The maximum Gasteiger partial charge on any atom is 0.251 e. The Labute approximate surface area is 180 Å². The smallest absolute Gasteiger partial charge is 0.251 e. The second kappa shape index (κ2) is 10.2. The standard InChI is InChI=1S/C23H21Cl2NO3/c1-2-28-22-11-10-16(23(27)26-14-17-6-3-4-9-21(17)25)12-18(22)15-29-20-8-5-7-19(24)13-20/h3-13H,2,14-15H2,1H3,(H,26,27). The SMILES string of the molecule is CCOc1ccc(C(=O)NCc2ccccc2Cl)cc1COc1cccc(Cl)c1. The summed E-state index contributed by atoms with van der Waals surface area (Å²) >= 11 is 12.2. The van der Waals surface area contributed by atoms with Gasteiger partial charge in [-0.2, -0.15) is 0 Å². The van der Waals surface area contributed by atoms with E-state index < -0.39 is 0 Å². The molecule has 0 aliphatic heterocycles. The summed E-state index contributed by atoms with van der Waals surface area (Å²) in [6.45, 7) is 3.02. The largest absolute Gasteiger partial charge is 0.493 e. The molecule has 0 saturated carbocycles. The zero-order valence-corrected chi connectivity index (χ0v) is 17.5. The number of carbonyl (C=O) groups excluding carboxylic acids is 1. The number of amides is 1. The average molecular weight is 430 g/mol. The fourth-order valence-corrected chi connectivity index (χ4v) is 3.15. The first kappa shape index (κ1) is 21.0. The molecule has 0 bridgehead atoms. The number of hydrogen-bond acceptors (Lipinski definition) is 3. The lowest BCUT2D eigenvalue weighted by atomic mass is 10.1. The van der Waals surface area contributed by atoms with Gasteiger partial charge in [0.2, 0.25) is 0 Å². The number of carbonyl (C=O) groups is 1. The summed E-state index contributed by atoms with van der Waals surface area (Å²) in [5.74, 6) is 1.13. The van der Waals surface area contributed by atoms with Crippen molar-refractivity contribution in [1.29, 1.82) is 0 Å². The molecule has 3 rings (SSSR count). The molecule has 0 spiro atoms. The van der Waals surface area contributed by atoms with E-state index in [1.807, 2.05) is 37.3 Å². The molecule has 1 N–H and O–H groups in total. The second-order valence-corrected chi connectivity index (χ2v) is 7.12. The lowest BCUT2D eigenvalue weighted by Gasteiger charge is -2.14. The van der Waals surface area contributed by atoms with E-state index in [0.29, 0.717) is 40.3 Å². The van der Waals surface area contributed by atoms with Crippen LogP contribution in [0.4, 0.5) is 0 Å². The van der Waals surface area contributed by atoms with Crippen molar-refractivity contribution in [3.05, 3.63) is 93.5 Å². The van der Waals surface area contributed by atoms with Gasteiger partial charge in [0.25, 0.3) is 5.91 Å². The third-order valence-electron chi connectivity index (χ3n) is 4.21. The van der Waals surface area contributed by atoms with Crippen molar-refractivity contribution in [2.24, 2.45) is 0 Å². The monoisotopic (exact) mass is 429 g/mol. The second-order valence-electron chi connectivity index (χ2n) is 6.28. The normalized spacial score (nSPS) is 10.4. The van der Waals surface area contributed by atoms with Gasteiger partial charge >= 0.3 is 0 Å². The van der Waals surface area contributed by atoms with Crippen LogP contribution in [-0.4, -0.2) is 12.5 Å². The van der Waals surface area contributed by atoms with E-state index in [2.05, 4.69) is 5.32 Å². The number of ether oxygens (including phenoxy) is 2. The van der Waals surface area contributed by atoms with Gasteiger partial charge in [-0.1, -0.05) is 47.5 Å². The molecule has 0 fully saturated rings. The first-order chi connectivity index (χ1) is 14.1. The Morgan fingerprint density at radius 1 is 0.931 bits per heavy atom. The molecule has 0 saturated heterocycles. The molecule has 0 aromatic heterocycles. The van der Waals surface area contributed by atoms with Crippen LogP contribution in [0.2, 0.25) is 10.0 Å². The van der Waals surface area contributed by atoms with Crippen molar-refractivity contribution in [2.75, 3.05) is 6.61 Å². The lowest BCUT2D eigenvalue weighted by Crippen LogP contribution is -2.23. The van der Waals surface area contributed by atoms with E-state index in [4.69, 9.17) is 32.7 Å². The first-order valence-corrected chi connectivity index (χ1v) is 9.98. The highest BCUT2D eigenvalue weighted by Crippen LogP contribution is 2.24. The van der Waals surface area contributed by atoms with Crippen LogP contribution in [0.5, 0.6) is 11.5 Å². The van der Waals surface area contributed by atoms with Crippen LogP contribution in [0.25, 0.3) is 0 Å². The van der Waals surface area contributed by atoms with Gasteiger partial charge in [-0.25, -0.2) is 0 Å². The zero-order chi connectivity index (χ0) is 20.6. The predicted molar refractivity (Wildman–Crippen MR) is 116 cm³/mol. The van der Waals surface area contributed by atoms with Gasteiger partial charge < -0.3 is 14.8 Å². The minimum Gasteiger partial charge on any atom is -0.493 e. The molecule has 4 nitrogen and oxygen atoms in total. The Hall–Kier alpha value is -2.69. The molecule has 1 amide bonds. The van der Waals surface area contributed by atoms with Crippen LogP contribution >= 0.6 is 23.2 Å². The molecule has 0 heterocycles. The third-order valence-corrected chi connectivity index (χ3v) is 4.81. The van der Waals surface area contributed by atoms with Crippen molar-refractivity contribution >= 4 is 29.1 Å². The Morgan fingerprint density at radius 3 is 2.52 bits per heavy atom. The Balaban J connectivity index is 1.72. The van der Waals surface area contributed by atoms with Crippen molar-refractivity contribution in [2.45, 2.75) is 20.1 Å². The maximum atomic E-state index is 12.6. The molecular formula is C23H21Cl2NO3. The molecule has 0 unspecified atom stereocenters. The fraction of sp³-hybridized carbons (Fsp3) is 0.174. The van der Waals surface area contributed by atoms with Crippen molar-refractivity contribution in [3.63, 3.8) is 0 Å². The maximum absolute atomic E-state index is 12.6. The molecule has 3 aromatic rings. The topological polar surface area (TPSA) is 47.6 Å². The van der Waals surface area contributed by atoms with Gasteiger partial charge in [-0.15, -0.1) is 0 Å². The molecular weight excluding hydrogens is 409 g/mol. The van der Waals surface area contributed by atoms with Crippen LogP contribution in [-0.2, 0) is 13.2 Å². The summed E-state index contributed by atoms with van der Waals surface area (Å²) in [6.07, 6.45) is 0. The molecule has 29 heavy (non-hydrogen) atoms. The van der Waals surface area contributed by atoms with E-state index in [-0.39, 0.29) is 12.5 Å². The van der Waals surface area contributed by atoms with E-state index in [1.54, 1.807) is 36.4 Å². The van der Waals surface area contributed by atoms with Gasteiger partial charge in [0, 0.05) is 27.7 Å². The number of benzene rings is 3. The minimum atomic E-state index is -0.197. The van der Waals surface area contributed by atoms with E-state index in [9.17, 15) is 4.79 Å². The summed E-state index contributed by atoms with van der Waals surface area (Å²) in [6, 6.07) is 19.9. The predicted octanol–water partition coefficient (Wildman–Crippen LogP) is 5.90. The van der Waals surface area contributed by atoms with Gasteiger partial charge in [0.05, 0.1) is 6.61 Å². The summed E-state index contributed by atoms with van der Waals surface area (Å²) in [5.41, 5.74) is 2.15. The van der Waals surface area contributed by atoms with Crippen LogP contribution in [0, 0.1) is 0 Å². The molecule has 0 aliphatic rings. The average Bonchev–Trinajstić information content (AvgIpc) is 2.72. The lowest BCUT2D eigenvalue weighted by molar-refractivity contribution is 0.0950. The molecule has 6 heteroatoms. The summed E-state index contributed by atoms with van der Waals surface area (Å²) in [5, 5.41) is 4.11. The molecule has 150 valence electrons. The highest BCUT2D eigenvalue weighted by Gasteiger charge is 2.12. The van der Waals surface area contributed by atoms with Crippen LogP contribution < -0.4 is 14.8 Å². The quantitative estimate of drug-likeness (QED) is 0.484. The number of hydrogen-bond donors (Lipinski definition) is 1. The molecule has 0 aliphatic carbocycles. The minimum absolute atomic E-state index is 0.197. The van der Waals surface area contributed by atoms with Crippen molar-refractivity contribution in [3.8, 4) is 11.5 Å².